The SMILES string of the molecule is Cc1cccc(N2CCN(C(=O)CSc3nnc(Nc4cccc(F)c4)s3)CC2)c1. The third-order valence-electron chi connectivity index (χ3n) is 4.80. The average molecular weight is 444 g/mol. The number of aryl methyl sites for hydroxylation is 1. The largest absolute Gasteiger partial charge is 0.368 e. The van der Waals surface area contributed by atoms with Gasteiger partial charge in [0, 0.05) is 37.6 Å². The van der Waals surface area contributed by atoms with E-state index in [2.05, 4.69) is 51.6 Å². The van der Waals surface area contributed by atoms with Crippen molar-refractivity contribution < 1.29 is 9.18 Å². The Balaban J connectivity index is 1.25. The molecule has 0 unspecified atom stereocenters. The highest BCUT2D eigenvalue weighted by Crippen LogP contribution is 2.28. The lowest BCUT2D eigenvalue weighted by Gasteiger charge is -2.36. The topological polar surface area (TPSA) is 61.4 Å². The fourth-order valence-corrected chi connectivity index (χ4v) is 4.94. The number of anilines is 3. The number of carbonyl (C=O) groups is 1. The molecule has 1 N–H and O–H groups in total. The number of thioether (sulfide) groups is 1. The molecule has 0 radical (unpaired) electrons. The first-order valence-electron chi connectivity index (χ1n) is 9.65. The van der Waals surface area contributed by atoms with E-state index in [1.807, 2.05) is 4.90 Å². The lowest BCUT2D eigenvalue weighted by atomic mass is 10.2. The van der Waals surface area contributed by atoms with Crippen LogP contribution in [0.15, 0.2) is 52.9 Å². The Morgan fingerprint density at radius 3 is 2.70 bits per heavy atom. The van der Waals surface area contributed by atoms with Gasteiger partial charge >= 0.3 is 0 Å². The van der Waals surface area contributed by atoms with Crippen LogP contribution in [0, 0.1) is 12.7 Å². The number of amides is 1. The molecule has 0 saturated carbocycles. The van der Waals surface area contributed by atoms with Crippen molar-refractivity contribution in [2.45, 2.75) is 11.3 Å². The molecule has 30 heavy (non-hydrogen) atoms. The molecule has 1 fully saturated rings. The smallest absolute Gasteiger partial charge is 0.233 e. The predicted octanol–water partition coefficient (Wildman–Crippen LogP) is 4.17. The summed E-state index contributed by atoms with van der Waals surface area (Å²) in [7, 11) is 0. The number of hydrogen-bond acceptors (Lipinski definition) is 7. The molecule has 6 nitrogen and oxygen atoms in total. The molecule has 0 bridgehead atoms. The van der Waals surface area contributed by atoms with Crippen molar-refractivity contribution in [3.8, 4) is 0 Å². The van der Waals surface area contributed by atoms with E-state index in [1.165, 1.54) is 46.5 Å². The Morgan fingerprint density at radius 1 is 1.13 bits per heavy atom. The first-order valence-corrected chi connectivity index (χ1v) is 11.5. The number of carbonyl (C=O) groups excluding carboxylic acids is 1. The fraction of sp³-hybridized carbons (Fsp3) is 0.286. The van der Waals surface area contributed by atoms with Crippen molar-refractivity contribution in [2.24, 2.45) is 0 Å². The summed E-state index contributed by atoms with van der Waals surface area (Å²) < 4.78 is 14.0. The van der Waals surface area contributed by atoms with Crippen molar-refractivity contribution >= 4 is 45.5 Å². The summed E-state index contributed by atoms with van der Waals surface area (Å²) in [5.74, 6) is 0.130. The Bertz CT molecular complexity index is 1020. The third kappa shape index (κ3) is 5.28. The summed E-state index contributed by atoms with van der Waals surface area (Å²) in [6, 6.07) is 14.6. The number of benzene rings is 2. The van der Waals surface area contributed by atoms with Gasteiger partial charge in [0.05, 0.1) is 5.75 Å². The number of nitrogens with zero attached hydrogens (tertiary/aromatic N) is 4. The summed E-state index contributed by atoms with van der Waals surface area (Å²) >= 11 is 2.73. The van der Waals surface area contributed by atoms with Crippen molar-refractivity contribution in [2.75, 3.05) is 42.1 Å². The number of rotatable bonds is 6. The van der Waals surface area contributed by atoms with E-state index in [4.69, 9.17) is 0 Å². The summed E-state index contributed by atoms with van der Waals surface area (Å²) in [5.41, 5.74) is 3.07. The van der Waals surface area contributed by atoms with Crippen molar-refractivity contribution in [3.05, 3.63) is 59.9 Å². The Hall–Kier alpha value is -2.65. The minimum absolute atomic E-state index is 0.110. The maximum absolute atomic E-state index is 13.3. The zero-order valence-corrected chi connectivity index (χ0v) is 18.2. The molecule has 3 aromatic rings. The van der Waals surface area contributed by atoms with Gasteiger partial charge in [-0.2, -0.15) is 0 Å². The number of halogens is 1. The zero-order valence-electron chi connectivity index (χ0n) is 16.5. The van der Waals surface area contributed by atoms with Crippen LogP contribution in [-0.4, -0.2) is 52.9 Å². The van der Waals surface area contributed by atoms with Gasteiger partial charge in [-0.25, -0.2) is 4.39 Å². The Morgan fingerprint density at radius 2 is 1.93 bits per heavy atom. The van der Waals surface area contributed by atoms with Gasteiger partial charge in [0.15, 0.2) is 4.34 Å². The van der Waals surface area contributed by atoms with Crippen LogP contribution in [0.2, 0.25) is 0 Å². The number of nitrogens with one attached hydrogen (secondary N) is 1. The molecule has 4 rings (SSSR count). The Labute approximate surface area is 183 Å². The summed E-state index contributed by atoms with van der Waals surface area (Å²) in [6.45, 7) is 5.19. The van der Waals surface area contributed by atoms with Gasteiger partial charge in [0.25, 0.3) is 0 Å². The standard InChI is InChI=1S/C21H22FN5OS2/c1-15-4-2-7-18(12-15)26-8-10-27(11-9-26)19(28)14-29-21-25-24-20(30-21)23-17-6-3-5-16(22)13-17/h2-7,12-13H,8-11,14H2,1H3,(H,23,24). The second kappa shape index (κ2) is 9.44. The monoisotopic (exact) mass is 443 g/mol. The van der Waals surface area contributed by atoms with Crippen molar-refractivity contribution in [1.29, 1.82) is 0 Å². The number of aromatic nitrogens is 2. The maximum atomic E-state index is 13.3. The predicted molar refractivity (Wildman–Crippen MR) is 120 cm³/mol. The van der Waals surface area contributed by atoms with Gasteiger partial charge in [-0.05, 0) is 42.8 Å². The molecule has 156 valence electrons. The molecular weight excluding hydrogens is 421 g/mol. The first kappa shape index (κ1) is 20.6. The van der Waals surface area contributed by atoms with Crippen molar-refractivity contribution in [1.82, 2.24) is 15.1 Å². The second-order valence-corrected chi connectivity index (χ2v) is 9.20. The summed E-state index contributed by atoms with van der Waals surface area (Å²) in [6.07, 6.45) is 0. The van der Waals surface area contributed by atoms with Gasteiger partial charge in [0.1, 0.15) is 5.82 Å². The number of hydrogen-bond donors (Lipinski definition) is 1. The van der Waals surface area contributed by atoms with E-state index >= 15 is 0 Å². The molecule has 2 heterocycles. The molecule has 9 heteroatoms. The molecule has 1 amide bonds. The first-order chi connectivity index (χ1) is 14.6. The quantitative estimate of drug-likeness (QED) is 0.577. The molecule has 0 aliphatic carbocycles. The van der Waals surface area contributed by atoms with Gasteiger partial charge in [-0.3, -0.25) is 4.79 Å². The molecule has 1 aliphatic heterocycles. The summed E-state index contributed by atoms with van der Waals surface area (Å²) in [5, 5.41) is 11.8. The molecule has 1 aliphatic rings. The van der Waals surface area contributed by atoms with Crippen LogP contribution in [0.1, 0.15) is 5.56 Å². The highest BCUT2D eigenvalue weighted by atomic mass is 32.2. The minimum atomic E-state index is -0.313. The van der Waals surface area contributed by atoms with Crippen LogP contribution in [0.5, 0.6) is 0 Å². The van der Waals surface area contributed by atoms with Gasteiger partial charge in [-0.1, -0.05) is 41.3 Å². The van der Waals surface area contributed by atoms with E-state index in [0.717, 1.165) is 26.2 Å². The Kier molecular flexibility index (Phi) is 6.49. The fourth-order valence-electron chi connectivity index (χ4n) is 3.26. The zero-order chi connectivity index (χ0) is 20.9. The minimum Gasteiger partial charge on any atom is -0.368 e. The average Bonchev–Trinajstić information content (AvgIpc) is 3.19. The van der Waals surface area contributed by atoms with Crippen LogP contribution in [0.3, 0.4) is 0 Å². The van der Waals surface area contributed by atoms with Crippen molar-refractivity contribution in [3.63, 3.8) is 0 Å². The second-order valence-electron chi connectivity index (χ2n) is 7.00. The molecule has 2 aromatic carbocycles. The van der Waals surface area contributed by atoms with E-state index in [1.54, 1.807) is 12.1 Å². The van der Waals surface area contributed by atoms with Crippen LogP contribution < -0.4 is 10.2 Å². The normalized spacial score (nSPS) is 14.1. The highest BCUT2D eigenvalue weighted by molar-refractivity contribution is 8.01. The van der Waals surface area contributed by atoms with Gasteiger partial charge in [-0.15, -0.1) is 10.2 Å². The van der Waals surface area contributed by atoms with Crippen LogP contribution >= 0.6 is 23.1 Å². The molecule has 0 atom stereocenters. The van der Waals surface area contributed by atoms with Crippen LogP contribution in [-0.2, 0) is 4.79 Å². The van der Waals surface area contributed by atoms with E-state index < -0.39 is 0 Å². The van der Waals surface area contributed by atoms with Crippen LogP contribution in [0.25, 0.3) is 0 Å². The van der Waals surface area contributed by atoms with E-state index in [0.29, 0.717) is 20.9 Å². The number of piperazine rings is 1. The lowest BCUT2D eigenvalue weighted by molar-refractivity contribution is -0.128. The van der Waals surface area contributed by atoms with Gasteiger partial charge in [0.2, 0.25) is 11.0 Å². The molecule has 1 saturated heterocycles. The lowest BCUT2D eigenvalue weighted by Crippen LogP contribution is -2.49. The third-order valence-corrected chi connectivity index (χ3v) is 6.76. The van der Waals surface area contributed by atoms with E-state index in [9.17, 15) is 9.18 Å². The van der Waals surface area contributed by atoms with E-state index in [-0.39, 0.29) is 11.7 Å². The van der Waals surface area contributed by atoms with Gasteiger partial charge < -0.3 is 15.1 Å². The maximum Gasteiger partial charge on any atom is 0.233 e. The van der Waals surface area contributed by atoms with Crippen LogP contribution in [0.4, 0.5) is 20.9 Å². The summed E-state index contributed by atoms with van der Waals surface area (Å²) in [4.78, 5) is 16.8. The molecular formula is C21H22FN5OS2. The molecule has 1 aromatic heterocycles. The molecule has 0 spiro atoms. The highest BCUT2D eigenvalue weighted by Gasteiger charge is 2.22.